The quantitative estimate of drug-likeness (QED) is 0.165. The second-order valence-electron chi connectivity index (χ2n) is 10.4. The van der Waals surface area contributed by atoms with Crippen LogP contribution in [0.4, 0.5) is 0 Å². The first-order valence-electron chi connectivity index (χ1n) is 14.2. The van der Waals surface area contributed by atoms with Gasteiger partial charge in [0.2, 0.25) is 0 Å². The molecule has 9 heteroatoms. The lowest BCUT2D eigenvalue weighted by Gasteiger charge is -2.29. The van der Waals surface area contributed by atoms with E-state index in [0.29, 0.717) is 55.6 Å². The Kier molecular flexibility index (Phi) is 8.81. The lowest BCUT2D eigenvalue weighted by Crippen LogP contribution is -2.38. The van der Waals surface area contributed by atoms with Gasteiger partial charge >= 0.3 is 0 Å². The average Bonchev–Trinajstić information content (AvgIpc) is 3.44. The van der Waals surface area contributed by atoms with E-state index in [1.165, 1.54) is 0 Å². The Morgan fingerprint density at radius 1 is 1.07 bits per heavy atom. The fourth-order valence-corrected chi connectivity index (χ4v) is 5.59. The van der Waals surface area contributed by atoms with Crippen LogP contribution in [0.15, 0.2) is 54.2 Å². The molecule has 5 rings (SSSR count). The summed E-state index contributed by atoms with van der Waals surface area (Å²) in [5, 5.41) is 11.7. The Balaban J connectivity index is 1.51. The van der Waals surface area contributed by atoms with Crippen LogP contribution >= 0.6 is 0 Å². The fourth-order valence-electron chi connectivity index (χ4n) is 5.59. The molecule has 3 aromatic rings. The van der Waals surface area contributed by atoms with Gasteiger partial charge in [0, 0.05) is 32.4 Å². The third-order valence-corrected chi connectivity index (χ3v) is 7.64. The van der Waals surface area contributed by atoms with Gasteiger partial charge in [-0.15, -0.1) is 0 Å². The minimum atomic E-state index is -0.738. The lowest BCUT2D eigenvalue weighted by molar-refractivity contribution is -0.140. The molecule has 0 aliphatic carbocycles. The van der Waals surface area contributed by atoms with Gasteiger partial charge in [-0.3, -0.25) is 18.9 Å². The maximum absolute atomic E-state index is 13.6. The van der Waals surface area contributed by atoms with E-state index in [2.05, 4.69) is 16.8 Å². The third kappa shape index (κ3) is 5.76. The standard InChI is InChI=1S/C31H38N4O5/c1-3-4-7-18-40-24-11-8-10-23(21-24)28-26(29(36)27-22(2)32-25-12-5-6-14-34(25)27)30(37)31(38)35(28)15-9-13-33-16-19-39-20-17-33/h5-6,8,10-12,14,21,28,36H,3-4,7,9,13,15-20H2,1-2H3. The molecule has 0 bridgehead atoms. The summed E-state index contributed by atoms with van der Waals surface area (Å²) in [6.45, 7) is 8.83. The summed E-state index contributed by atoms with van der Waals surface area (Å²) in [7, 11) is 0. The summed E-state index contributed by atoms with van der Waals surface area (Å²) in [5.41, 5.74) is 2.45. The first-order chi connectivity index (χ1) is 19.5. The van der Waals surface area contributed by atoms with Crippen molar-refractivity contribution in [3.63, 3.8) is 0 Å². The molecule has 0 spiro atoms. The summed E-state index contributed by atoms with van der Waals surface area (Å²) in [4.78, 5) is 35.5. The van der Waals surface area contributed by atoms with Crippen molar-refractivity contribution in [1.29, 1.82) is 0 Å². The van der Waals surface area contributed by atoms with E-state index in [1.807, 2.05) is 42.5 Å². The van der Waals surface area contributed by atoms with Crippen molar-refractivity contribution in [2.75, 3.05) is 46.0 Å². The number of nitrogens with zero attached hydrogens (tertiary/aromatic N) is 4. The number of carbonyl (C=O) groups excluding carboxylic acids is 2. The van der Waals surface area contributed by atoms with Crippen molar-refractivity contribution in [1.82, 2.24) is 19.2 Å². The number of aliphatic hydroxyl groups is 1. The molecule has 2 saturated heterocycles. The zero-order chi connectivity index (χ0) is 28.1. The van der Waals surface area contributed by atoms with Gasteiger partial charge in [-0.1, -0.05) is 38.0 Å². The Bertz CT molecular complexity index is 1390. The molecular formula is C31H38N4O5. The molecule has 1 aromatic carbocycles. The number of likely N-dealkylation sites (tertiary alicyclic amines) is 1. The van der Waals surface area contributed by atoms with Crippen molar-refractivity contribution >= 4 is 23.1 Å². The van der Waals surface area contributed by atoms with Crippen molar-refractivity contribution in [3.8, 4) is 5.75 Å². The monoisotopic (exact) mass is 546 g/mol. The van der Waals surface area contributed by atoms with Crippen LogP contribution in [-0.4, -0.2) is 82.0 Å². The molecule has 1 unspecified atom stereocenters. The van der Waals surface area contributed by atoms with Crippen LogP contribution in [0.5, 0.6) is 5.75 Å². The molecule has 2 aromatic heterocycles. The molecule has 4 heterocycles. The fraction of sp³-hybridized carbons (Fsp3) is 0.452. The number of aromatic nitrogens is 2. The van der Waals surface area contributed by atoms with E-state index >= 15 is 0 Å². The van der Waals surface area contributed by atoms with Gasteiger partial charge in [-0.05, 0) is 49.6 Å². The number of imidazole rings is 1. The van der Waals surface area contributed by atoms with Gasteiger partial charge in [-0.2, -0.15) is 0 Å². The molecule has 1 N–H and O–H groups in total. The second kappa shape index (κ2) is 12.7. The normalized spacial score (nSPS) is 19.6. The molecule has 40 heavy (non-hydrogen) atoms. The number of benzene rings is 1. The van der Waals surface area contributed by atoms with Crippen LogP contribution in [0, 0.1) is 6.92 Å². The topological polar surface area (TPSA) is 96.6 Å². The van der Waals surface area contributed by atoms with E-state index in [1.54, 1.807) is 22.4 Å². The van der Waals surface area contributed by atoms with E-state index < -0.39 is 17.7 Å². The number of morpholine rings is 1. The van der Waals surface area contributed by atoms with Crippen LogP contribution in [0.1, 0.15) is 55.6 Å². The SMILES string of the molecule is CCCCCOc1cccc(C2C(=C(O)c3c(C)nc4ccccn34)C(=O)C(=O)N2CCCN2CCOCC2)c1. The van der Waals surface area contributed by atoms with Crippen LogP contribution in [0.2, 0.25) is 0 Å². The first kappa shape index (κ1) is 27.9. The van der Waals surface area contributed by atoms with Crippen LogP contribution in [0.25, 0.3) is 11.4 Å². The molecule has 2 aliphatic heterocycles. The van der Waals surface area contributed by atoms with Crippen molar-refractivity contribution in [3.05, 3.63) is 71.2 Å². The van der Waals surface area contributed by atoms with Crippen molar-refractivity contribution in [2.24, 2.45) is 0 Å². The number of fused-ring (bicyclic) bond motifs is 1. The number of ether oxygens (including phenoxy) is 2. The molecule has 0 radical (unpaired) electrons. The Morgan fingerprint density at radius 2 is 1.90 bits per heavy atom. The van der Waals surface area contributed by atoms with Gasteiger partial charge in [0.05, 0.1) is 37.1 Å². The number of aliphatic hydroxyl groups excluding tert-OH is 1. The highest BCUT2D eigenvalue weighted by Crippen LogP contribution is 2.41. The van der Waals surface area contributed by atoms with Gasteiger partial charge in [-0.25, -0.2) is 4.98 Å². The Labute approximate surface area is 235 Å². The molecule has 0 saturated carbocycles. The first-order valence-corrected chi connectivity index (χ1v) is 14.2. The summed E-state index contributed by atoms with van der Waals surface area (Å²) in [5.74, 6) is -0.828. The highest BCUT2D eigenvalue weighted by atomic mass is 16.5. The summed E-state index contributed by atoms with van der Waals surface area (Å²) in [6.07, 6.45) is 5.63. The molecule has 9 nitrogen and oxygen atoms in total. The smallest absolute Gasteiger partial charge is 0.295 e. The zero-order valence-electron chi connectivity index (χ0n) is 23.3. The van der Waals surface area contributed by atoms with Crippen LogP contribution in [0.3, 0.4) is 0 Å². The van der Waals surface area contributed by atoms with E-state index in [9.17, 15) is 14.7 Å². The highest BCUT2D eigenvalue weighted by Gasteiger charge is 2.46. The van der Waals surface area contributed by atoms with Gasteiger partial charge in [0.1, 0.15) is 17.1 Å². The predicted molar refractivity (Wildman–Crippen MR) is 152 cm³/mol. The lowest BCUT2D eigenvalue weighted by atomic mass is 9.96. The number of pyridine rings is 1. The minimum absolute atomic E-state index is 0.0771. The van der Waals surface area contributed by atoms with Crippen molar-refractivity contribution < 1.29 is 24.2 Å². The van der Waals surface area contributed by atoms with Crippen LogP contribution < -0.4 is 4.74 Å². The minimum Gasteiger partial charge on any atom is -0.505 e. The second-order valence-corrected chi connectivity index (χ2v) is 10.4. The molecule has 2 fully saturated rings. The molecule has 212 valence electrons. The van der Waals surface area contributed by atoms with Gasteiger partial charge in [0.15, 0.2) is 5.76 Å². The number of hydrogen-bond donors (Lipinski definition) is 1. The number of rotatable bonds is 11. The molecule has 1 atom stereocenters. The number of carbonyl (C=O) groups is 2. The predicted octanol–water partition coefficient (Wildman–Crippen LogP) is 4.36. The van der Waals surface area contributed by atoms with Crippen LogP contribution in [-0.2, 0) is 14.3 Å². The molecular weight excluding hydrogens is 508 g/mol. The van der Waals surface area contributed by atoms with E-state index in [0.717, 1.165) is 44.5 Å². The Hall–Kier alpha value is -3.69. The maximum Gasteiger partial charge on any atom is 0.295 e. The number of aryl methyl sites for hydroxylation is 1. The third-order valence-electron chi connectivity index (χ3n) is 7.64. The number of unbranched alkanes of at least 4 members (excludes halogenated alkanes) is 2. The summed E-state index contributed by atoms with van der Waals surface area (Å²) < 4.78 is 13.2. The molecule has 1 amide bonds. The summed E-state index contributed by atoms with van der Waals surface area (Å²) in [6, 6.07) is 12.3. The van der Waals surface area contributed by atoms with E-state index in [4.69, 9.17) is 9.47 Å². The number of ketones is 1. The maximum atomic E-state index is 13.6. The van der Waals surface area contributed by atoms with Gasteiger partial charge < -0.3 is 19.5 Å². The number of hydrogen-bond acceptors (Lipinski definition) is 7. The Morgan fingerprint density at radius 3 is 2.70 bits per heavy atom. The van der Waals surface area contributed by atoms with Crippen molar-refractivity contribution in [2.45, 2.75) is 45.6 Å². The summed E-state index contributed by atoms with van der Waals surface area (Å²) >= 11 is 0. The van der Waals surface area contributed by atoms with Gasteiger partial charge in [0.25, 0.3) is 11.7 Å². The zero-order valence-corrected chi connectivity index (χ0v) is 23.3. The molecule has 2 aliphatic rings. The number of amides is 1. The number of Topliss-reactive ketones (excluding diaryl/α,β-unsaturated/α-hetero) is 1. The average molecular weight is 547 g/mol. The van der Waals surface area contributed by atoms with E-state index in [-0.39, 0.29) is 11.3 Å². The highest BCUT2D eigenvalue weighted by molar-refractivity contribution is 6.46. The largest absolute Gasteiger partial charge is 0.505 e.